The smallest absolute Gasteiger partial charge is 0.123 e. The van der Waals surface area contributed by atoms with Gasteiger partial charge in [0.05, 0.1) is 0 Å². The lowest BCUT2D eigenvalue weighted by Crippen LogP contribution is -2.31. The van der Waals surface area contributed by atoms with Gasteiger partial charge in [0.25, 0.3) is 0 Å². The second kappa shape index (κ2) is 7.75. The van der Waals surface area contributed by atoms with Crippen molar-refractivity contribution in [3.63, 3.8) is 0 Å². The van der Waals surface area contributed by atoms with Crippen LogP contribution in [-0.2, 0) is 0 Å². The Hall–Kier alpha value is -0.930. The van der Waals surface area contributed by atoms with Crippen molar-refractivity contribution in [3.8, 4) is 0 Å². The van der Waals surface area contributed by atoms with Crippen LogP contribution in [0.4, 0.5) is 4.39 Å². The standard InChI is InChI=1S/C17H27FN2/c1-3-19-17(15-6-5-7-16(18)12-15)10-11-20(4-2)13-14-8-9-14/h5-7,12,14,17,19H,3-4,8-11,13H2,1-2H3. The van der Waals surface area contributed by atoms with Crippen LogP contribution in [-0.4, -0.2) is 31.1 Å². The second-order valence-corrected chi connectivity index (χ2v) is 5.79. The van der Waals surface area contributed by atoms with Gasteiger partial charge in [-0.15, -0.1) is 0 Å². The molecule has 1 N–H and O–H groups in total. The van der Waals surface area contributed by atoms with Crippen LogP contribution in [0.5, 0.6) is 0 Å². The van der Waals surface area contributed by atoms with Crippen LogP contribution in [0.1, 0.15) is 44.7 Å². The van der Waals surface area contributed by atoms with Crippen LogP contribution in [0.25, 0.3) is 0 Å². The van der Waals surface area contributed by atoms with Gasteiger partial charge in [-0.3, -0.25) is 0 Å². The molecule has 1 saturated carbocycles. The zero-order valence-corrected chi connectivity index (χ0v) is 12.7. The summed E-state index contributed by atoms with van der Waals surface area (Å²) in [6.07, 6.45) is 3.84. The molecule has 0 saturated heterocycles. The Kier molecular flexibility index (Phi) is 5.99. The first kappa shape index (κ1) is 15.5. The first-order valence-electron chi connectivity index (χ1n) is 7.94. The Bertz CT molecular complexity index is 404. The van der Waals surface area contributed by atoms with E-state index in [0.717, 1.165) is 37.5 Å². The molecule has 3 heteroatoms. The molecule has 2 nitrogen and oxygen atoms in total. The number of halogens is 1. The second-order valence-electron chi connectivity index (χ2n) is 5.79. The van der Waals surface area contributed by atoms with E-state index < -0.39 is 0 Å². The highest BCUT2D eigenvalue weighted by molar-refractivity contribution is 5.20. The first-order chi connectivity index (χ1) is 9.72. The maximum Gasteiger partial charge on any atom is 0.123 e. The zero-order chi connectivity index (χ0) is 14.4. The molecule has 1 unspecified atom stereocenters. The van der Waals surface area contributed by atoms with Gasteiger partial charge in [0, 0.05) is 12.6 Å². The van der Waals surface area contributed by atoms with Crippen molar-refractivity contribution in [3.05, 3.63) is 35.6 Å². The minimum atomic E-state index is -0.143. The molecule has 1 aliphatic carbocycles. The van der Waals surface area contributed by atoms with E-state index in [4.69, 9.17) is 0 Å². The molecular weight excluding hydrogens is 251 g/mol. The molecule has 0 bridgehead atoms. The molecule has 0 spiro atoms. The molecule has 1 atom stereocenters. The van der Waals surface area contributed by atoms with Gasteiger partial charge in [-0.1, -0.05) is 26.0 Å². The third-order valence-electron chi connectivity index (χ3n) is 4.10. The normalized spacial score (nSPS) is 16.6. The van der Waals surface area contributed by atoms with Crippen molar-refractivity contribution in [1.29, 1.82) is 0 Å². The van der Waals surface area contributed by atoms with Crippen molar-refractivity contribution >= 4 is 0 Å². The summed E-state index contributed by atoms with van der Waals surface area (Å²) in [5, 5.41) is 3.48. The van der Waals surface area contributed by atoms with Gasteiger partial charge >= 0.3 is 0 Å². The highest BCUT2D eigenvalue weighted by Gasteiger charge is 2.24. The summed E-state index contributed by atoms with van der Waals surface area (Å²) >= 11 is 0. The number of nitrogens with zero attached hydrogens (tertiary/aromatic N) is 1. The van der Waals surface area contributed by atoms with Crippen LogP contribution in [0.3, 0.4) is 0 Å². The van der Waals surface area contributed by atoms with Crippen molar-refractivity contribution in [2.45, 2.75) is 39.2 Å². The van der Waals surface area contributed by atoms with E-state index in [1.807, 2.05) is 6.07 Å². The quantitative estimate of drug-likeness (QED) is 0.742. The zero-order valence-electron chi connectivity index (χ0n) is 12.7. The molecule has 0 aliphatic heterocycles. The Balaban J connectivity index is 1.90. The number of benzene rings is 1. The van der Waals surface area contributed by atoms with Crippen LogP contribution >= 0.6 is 0 Å². The molecule has 1 aliphatic rings. The molecule has 0 heterocycles. The van der Waals surface area contributed by atoms with Gasteiger partial charge < -0.3 is 10.2 Å². The summed E-state index contributed by atoms with van der Waals surface area (Å²) in [4.78, 5) is 2.53. The molecule has 1 aromatic carbocycles. The fraction of sp³-hybridized carbons (Fsp3) is 0.647. The predicted octanol–water partition coefficient (Wildman–Crippen LogP) is 3.60. The summed E-state index contributed by atoms with van der Waals surface area (Å²) in [6, 6.07) is 7.25. The number of hydrogen-bond donors (Lipinski definition) is 1. The lowest BCUT2D eigenvalue weighted by atomic mass is 10.0. The van der Waals surface area contributed by atoms with Gasteiger partial charge in [-0.25, -0.2) is 4.39 Å². The van der Waals surface area contributed by atoms with Gasteiger partial charge in [-0.05, 0) is 62.5 Å². The molecule has 20 heavy (non-hydrogen) atoms. The van der Waals surface area contributed by atoms with E-state index in [-0.39, 0.29) is 11.9 Å². The molecule has 112 valence electrons. The van der Waals surface area contributed by atoms with Crippen LogP contribution in [0.2, 0.25) is 0 Å². The molecule has 1 fully saturated rings. The molecule has 0 amide bonds. The lowest BCUT2D eigenvalue weighted by molar-refractivity contribution is 0.259. The maximum atomic E-state index is 13.4. The maximum absolute atomic E-state index is 13.4. The average Bonchev–Trinajstić information content (AvgIpc) is 3.25. The Morgan fingerprint density at radius 1 is 1.35 bits per heavy atom. The Morgan fingerprint density at radius 2 is 2.15 bits per heavy atom. The monoisotopic (exact) mass is 278 g/mol. The summed E-state index contributed by atoms with van der Waals surface area (Å²) in [7, 11) is 0. The number of rotatable bonds is 9. The Labute approximate surface area is 122 Å². The van der Waals surface area contributed by atoms with Crippen molar-refractivity contribution in [2.24, 2.45) is 5.92 Å². The van der Waals surface area contributed by atoms with Gasteiger partial charge in [0.15, 0.2) is 0 Å². The minimum absolute atomic E-state index is 0.143. The number of hydrogen-bond acceptors (Lipinski definition) is 2. The summed E-state index contributed by atoms with van der Waals surface area (Å²) in [6.45, 7) is 8.68. The van der Waals surface area contributed by atoms with Crippen molar-refractivity contribution in [1.82, 2.24) is 10.2 Å². The van der Waals surface area contributed by atoms with E-state index in [1.54, 1.807) is 12.1 Å². The third-order valence-corrected chi connectivity index (χ3v) is 4.10. The summed E-state index contributed by atoms with van der Waals surface area (Å²) in [5.41, 5.74) is 1.06. The molecule has 1 aromatic rings. The van der Waals surface area contributed by atoms with Crippen LogP contribution in [0.15, 0.2) is 24.3 Å². The Morgan fingerprint density at radius 3 is 2.75 bits per heavy atom. The van der Waals surface area contributed by atoms with Crippen molar-refractivity contribution < 1.29 is 4.39 Å². The van der Waals surface area contributed by atoms with E-state index in [1.165, 1.54) is 25.5 Å². The lowest BCUT2D eigenvalue weighted by Gasteiger charge is -2.24. The fourth-order valence-electron chi connectivity index (χ4n) is 2.71. The average molecular weight is 278 g/mol. The predicted molar refractivity (Wildman–Crippen MR) is 82.3 cm³/mol. The van der Waals surface area contributed by atoms with Gasteiger partial charge in [-0.2, -0.15) is 0 Å². The highest BCUT2D eigenvalue weighted by Crippen LogP contribution is 2.30. The van der Waals surface area contributed by atoms with E-state index in [0.29, 0.717) is 0 Å². The van der Waals surface area contributed by atoms with E-state index in [2.05, 4.69) is 24.1 Å². The third kappa shape index (κ3) is 4.88. The highest BCUT2D eigenvalue weighted by atomic mass is 19.1. The van der Waals surface area contributed by atoms with Gasteiger partial charge in [0.2, 0.25) is 0 Å². The summed E-state index contributed by atoms with van der Waals surface area (Å²) < 4.78 is 13.4. The van der Waals surface area contributed by atoms with Crippen LogP contribution < -0.4 is 5.32 Å². The molecule has 0 radical (unpaired) electrons. The van der Waals surface area contributed by atoms with E-state index >= 15 is 0 Å². The van der Waals surface area contributed by atoms with Crippen LogP contribution in [0, 0.1) is 11.7 Å². The SMILES string of the molecule is CCNC(CCN(CC)CC1CC1)c1cccc(F)c1. The largest absolute Gasteiger partial charge is 0.310 e. The topological polar surface area (TPSA) is 15.3 Å². The van der Waals surface area contributed by atoms with Crippen molar-refractivity contribution in [2.75, 3.05) is 26.2 Å². The molecule has 2 rings (SSSR count). The molecule has 0 aromatic heterocycles. The first-order valence-corrected chi connectivity index (χ1v) is 7.94. The fourth-order valence-corrected chi connectivity index (χ4v) is 2.71. The summed E-state index contributed by atoms with van der Waals surface area (Å²) in [5.74, 6) is 0.789. The minimum Gasteiger partial charge on any atom is -0.310 e. The number of nitrogens with one attached hydrogen (secondary N) is 1. The van der Waals surface area contributed by atoms with E-state index in [9.17, 15) is 4.39 Å². The molecular formula is C17H27FN2. The van der Waals surface area contributed by atoms with Gasteiger partial charge in [0.1, 0.15) is 5.82 Å².